The Morgan fingerprint density at radius 2 is 1.84 bits per heavy atom. The topological polar surface area (TPSA) is 81.7 Å². The molecule has 2 aromatic rings. The molecule has 1 heterocycles. The molecular weight excluding hydrogens is 342 g/mol. The number of carbonyl (C=O) groups is 1. The summed E-state index contributed by atoms with van der Waals surface area (Å²) in [5, 5.41) is 4.74. The predicted molar refractivity (Wildman–Crippen MR) is 95.8 cm³/mol. The maximum atomic E-state index is 12.2. The molecule has 0 bridgehead atoms. The highest BCUT2D eigenvalue weighted by molar-refractivity contribution is 7.91. The first-order valence-electron chi connectivity index (χ1n) is 8.11. The summed E-state index contributed by atoms with van der Waals surface area (Å²) in [4.78, 5) is 12.2. The molecule has 1 aliphatic rings. The van der Waals surface area contributed by atoms with Gasteiger partial charge in [0, 0.05) is 6.04 Å². The number of benzene rings is 2. The van der Waals surface area contributed by atoms with Gasteiger partial charge in [-0.1, -0.05) is 12.1 Å². The lowest BCUT2D eigenvalue weighted by Gasteiger charge is -2.17. The Labute approximate surface area is 147 Å². The second-order valence-corrected chi connectivity index (χ2v) is 8.47. The predicted octanol–water partition coefficient (Wildman–Crippen LogP) is 1.92. The lowest BCUT2D eigenvalue weighted by molar-refractivity contribution is -0.127. The summed E-state index contributed by atoms with van der Waals surface area (Å²) in [5.41, 5.74) is 0. The number of carbonyl (C=O) groups excluding carboxylic acids is 1. The summed E-state index contributed by atoms with van der Waals surface area (Å²) in [6.45, 7) is 1.65. The first kappa shape index (κ1) is 17.5. The lowest BCUT2D eigenvalue weighted by Crippen LogP contribution is -2.43. The van der Waals surface area contributed by atoms with Crippen molar-refractivity contribution in [1.29, 1.82) is 0 Å². The zero-order valence-electron chi connectivity index (χ0n) is 14.2. The molecule has 1 N–H and O–H groups in total. The number of amides is 1. The van der Waals surface area contributed by atoms with E-state index in [0.29, 0.717) is 12.2 Å². The van der Waals surface area contributed by atoms with Gasteiger partial charge in [-0.25, -0.2) is 8.42 Å². The van der Waals surface area contributed by atoms with E-state index in [4.69, 9.17) is 9.47 Å². The Morgan fingerprint density at radius 1 is 1.16 bits per heavy atom. The normalized spacial score (nSPS) is 20.2. The van der Waals surface area contributed by atoms with E-state index in [1.165, 1.54) is 0 Å². The summed E-state index contributed by atoms with van der Waals surface area (Å²) in [6, 6.07) is 11.0. The van der Waals surface area contributed by atoms with Crippen LogP contribution in [0.5, 0.6) is 11.5 Å². The molecule has 0 aromatic heterocycles. The molecule has 1 aliphatic heterocycles. The van der Waals surface area contributed by atoms with Crippen LogP contribution in [-0.4, -0.2) is 45.1 Å². The van der Waals surface area contributed by atoms with E-state index in [1.54, 1.807) is 20.1 Å². The molecule has 1 fully saturated rings. The second-order valence-electron chi connectivity index (χ2n) is 6.24. The summed E-state index contributed by atoms with van der Waals surface area (Å²) >= 11 is 0. The van der Waals surface area contributed by atoms with E-state index in [2.05, 4.69) is 5.32 Å². The standard InChI is InChI=1S/C18H21NO5S/c1-12(18(20)19-15-7-8-25(21,22)11-15)24-17-6-4-13-3-5-16(23-2)9-14(13)10-17/h3-6,9-10,12,15H,7-8,11H2,1-2H3,(H,19,20)/t12-,15-/m1/s1. The fraction of sp³-hybridized carbons (Fsp3) is 0.389. The van der Waals surface area contributed by atoms with Crippen LogP contribution in [0.2, 0.25) is 0 Å². The van der Waals surface area contributed by atoms with E-state index in [9.17, 15) is 13.2 Å². The number of hydrogen-bond donors (Lipinski definition) is 1. The van der Waals surface area contributed by atoms with E-state index < -0.39 is 15.9 Å². The van der Waals surface area contributed by atoms with Crippen LogP contribution in [0.15, 0.2) is 36.4 Å². The summed E-state index contributed by atoms with van der Waals surface area (Å²) in [7, 11) is -1.42. The molecular formula is C18H21NO5S. The van der Waals surface area contributed by atoms with E-state index in [-0.39, 0.29) is 23.5 Å². The number of sulfone groups is 1. The monoisotopic (exact) mass is 363 g/mol. The summed E-state index contributed by atoms with van der Waals surface area (Å²) < 4.78 is 33.9. The molecule has 6 nitrogen and oxygen atoms in total. The van der Waals surface area contributed by atoms with Crippen molar-refractivity contribution in [3.05, 3.63) is 36.4 Å². The molecule has 1 saturated heterocycles. The molecule has 1 amide bonds. The highest BCUT2D eigenvalue weighted by Gasteiger charge is 2.30. The highest BCUT2D eigenvalue weighted by atomic mass is 32.2. The fourth-order valence-corrected chi connectivity index (χ4v) is 4.56. The third-order valence-corrected chi connectivity index (χ3v) is 6.05. The zero-order chi connectivity index (χ0) is 18.0. The van der Waals surface area contributed by atoms with Gasteiger partial charge in [-0.15, -0.1) is 0 Å². The van der Waals surface area contributed by atoms with Crippen LogP contribution >= 0.6 is 0 Å². The van der Waals surface area contributed by atoms with Gasteiger partial charge in [-0.3, -0.25) is 4.79 Å². The largest absolute Gasteiger partial charge is 0.497 e. The lowest BCUT2D eigenvalue weighted by atomic mass is 10.1. The van der Waals surface area contributed by atoms with E-state index in [0.717, 1.165) is 16.5 Å². The minimum atomic E-state index is -3.02. The molecule has 3 rings (SSSR count). The van der Waals surface area contributed by atoms with Gasteiger partial charge in [0.15, 0.2) is 15.9 Å². The van der Waals surface area contributed by atoms with Crippen molar-refractivity contribution in [1.82, 2.24) is 5.32 Å². The SMILES string of the molecule is COc1ccc2ccc(O[C@H](C)C(=O)N[C@@H]3CCS(=O)(=O)C3)cc2c1. The number of fused-ring (bicyclic) bond motifs is 1. The van der Waals surface area contributed by atoms with Gasteiger partial charge in [-0.05, 0) is 48.4 Å². The van der Waals surface area contributed by atoms with Gasteiger partial charge < -0.3 is 14.8 Å². The highest BCUT2D eigenvalue weighted by Crippen LogP contribution is 2.25. The number of methoxy groups -OCH3 is 1. The molecule has 2 atom stereocenters. The van der Waals surface area contributed by atoms with Crippen molar-refractivity contribution < 1.29 is 22.7 Å². The second kappa shape index (κ2) is 6.92. The number of nitrogens with one attached hydrogen (secondary N) is 1. The van der Waals surface area contributed by atoms with Crippen molar-refractivity contribution in [2.75, 3.05) is 18.6 Å². The molecule has 0 aliphatic carbocycles. The average Bonchev–Trinajstić information content (AvgIpc) is 2.92. The quantitative estimate of drug-likeness (QED) is 0.878. The summed E-state index contributed by atoms with van der Waals surface area (Å²) in [5.74, 6) is 1.13. The number of rotatable bonds is 5. The smallest absolute Gasteiger partial charge is 0.261 e. The van der Waals surface area contributed by atoms with Gasteiger partial charge in [0.2, 0.25) is 0 Å². The van der Waals surface area contributed by atoms with E-state index >= 15 is 0 Å². The van der Waals surface area contributed by atoms with Crippen molar-refractivity contribution in [3.63, 3.8) is 0 Å². The maximum Gasteiger partial charge on any atom is 0.261 e. The minimum absolute atomic E-state index is 0.00122. The molecule has 2 aromatic carbocycles. The van der Waals surface area contributed by atoms with Crippen LogP contribution in [0, 0.1) is 0 Å². The molecule has 134 valence electrons. The van der Waals surface area contributed by atoms with Crippen LogP contribution in [0.4, 0.5) is 0 Å². The minimum Gasteiger partial charge on any atom is -0.497 e. The van der Waals surface area contributed by atoms with Crippen LogP contribution < -0.4 is 14.8 Å². The van der Waals surface area contributed by atoms with Gasteiger partial charge in [0.05, 0.1) is 18.6 Å². The van der Waals surface area contributed by atoms with Crippen LogP contribution in [0.3, 0.4) is 0 Å². The average molecular weight is 363 g/mol. The van der Waals surface area contributed by atoms with Crippen LogP contribution in [-0.2, 0) is 14.6 Å². The van der Waals surface area contributed by atoms with Crippen LogP contribution in [0.25, 0.3) is 10.8 Å². The van der Waals surface area contributed by atoms with E-state index in [1.807, 2.05) is 30.3 Å². The van der Waals surface area contributed by atoms with Crippen molar-refractivity contribution in [3.8, 4) is 11.5 Å². The Bertz CT molecular complexity index is 893. The first-order valence-corrected chi connectivity index (χ1v) is 9.94. The third-order valence-electron chi connectivity index (χ3n) is 4.28. The first-order chi connectivity index (χ1) is 11.9. The van der Waals surface area contributed by atoms with Gasteiger partial charge in [0.25, 0.3) is 5.91 Å². The molecule has 0 unspecified atom stereocenters. The molecule has 0 saturated carbocycles. The third kappa shape index (κ3) is 4.22. The van der Waals surface area contributed by atoms with Gasteiger partial charge >= 0.3 is 0 Å². The molecule has 7 heteroatoms. The molecule has 0 radical (unpaired) electrons. The number of hydrogen-bond acceptors (Lipinski definition) is 5. The maximum absolute atomic E-state index is 12.2. The Kier molecular flexibility index (Phi) is 4.85. The molecule has 25 heavy (non-hydrogen) atoms. The van der Waals surface area contributed by atoms with Gasteiger partial charge in [-0.2, -0.15) is 0 Å². The fourth-order valence-electron chi connectivity index (χ4n) is 2.89. The number of ether oxygens (including phenoxy) is 2. The molecule has 0 spiro atoms. The zero-order valence-corrected chi connectivity index (χ0v) is 15.0. The Morgan fingerprint density at radius 3 is 2.48 bits per heavy atom. The van der Waals surface area contributed by atoms with Crippen molar-refractivity contribution >= 4 is 26.5 Å². The Balaban J connectivity index is 1.66. The van der Waals surface area contributed by atoms with Crippen LogP contribution in [0.1, 0.15) is 13.3 Å². The van der Waals surface area contributed by atoms with Gasteiger partial charge in [0.1, 0.15) is 11.5 Å². The van der Waals surface area contributed by atoms with Crippen molar-refractivity contribution in [2.24, 2.45) is 0 Å². The summed E-state index contributed by atoms with van der Waals surface area (Å²) in [6.07, 6.45) is -0.261. The Hall–Kier alpha value is -2.28. The van der Waals surface area contributed by atoms with Crippen molar-refractivity contribution in [2.45, 2.75) is 25.5 Å².